The summed E-state index contributed by atoms with van der Waals surface area (Å²) in [4.78, 5) is 9.17. The Kier molecular flexibility index (Phi) is 3.00. The van der Waals surface area contributed by atoms with E-state index in [-0.39, 0.29) is 5.69 Å². The Morgan fingerprint density at radius 1 is 1.38 bits per heavy atom. The van der Waals surface area contributed by atoms with Crippen molar-refractivity contribution in [2.24, 2.45) is 0 Å². The quantitative estimate of drug-likeness (QED) is 0.713. The molecule has 0 unspecified atom stereocenters. The fourth-order valence-corrected chi connectivity index (χ4v) is 1.14. The van der Waals surface area contributed by atoms with Crippen LogP contribution < -0.4 is 10.6 Å². The fraction of sp³-hybridized carbons (Fsp3) is 0.500. The number of anilines is 2. The summed E-state index contributed by atoms with van der Waals surface area (Å²) >= 11 is 0. The molecule has 0 radical (unpaired) electrons. The van der Waals surface area contributed by atoms with Crippen molar-refractivity contribution in [1.82, 2.24) is 9.97 Å². The second-order valence-electron chi connectivity index (χ2n) is 2.57. The van der Waals surface area contributed by atoms with E-state index in [0.717, 1.165) is 13.1 Å². The maximum atomic E-state index is 12.9. The number of hydrogen-bond acceptors (Lipinski definition) is 4. The summed E-state index contributed by atoms with van der Waals surface area (Å²) < 4.78 is 12.9. The van der Waals surface area contributed by atoms with Crippen molar-refractivity contribution in [2.75, 3.05) is 23.7 Å². The topological polar surface area (TPSA) is 55.0 Å². The Labute approximate surface area is 76.6 Å². The third kappa shape index (κ3) is 1.85. The lowest BCUT2D eigenvalue weighted by molar-refractivity contribution is 0.583. The van der Waals surface area contributed by atoms with E-state index in [4.69, 9.17) is 5.73 Å². The van der Waals surface area contributed by atoms with Gasteiger partial charge in [-0.25, -0.2) is 9.97 Å². The second-order valence-corrected chi connectivity index (χ2v) is 2.57. The minimum atomic E-state index is -0.656. The van der Waals surface area contributed by atoms with Gasteiger partial charge in [0.2, 0.25) is 5.95 Å². The van der Waals surface area contributed by atoms with Gasteiger partial charge in [0.15, 0.2) is 5.82 Å². The van der Waals surface area contributed by atoms with Crippen molar-refractivity contribution in [3.8, 4) is 0 Å². The van der Waals surface area contributed by atoms with Crippen LogP contribution in [0.3, 0.4) is 0 Å². The van der Waals surface area contributed by atoms with Gasteiger partial charge in [0, 0.05) is 13.1 Å². The molecule has 0 spiro atoms. The number of halogens is 1. The zero-order chi connectivity index (χ0) is 9.84. The number of nitrogens with zero attached hydrogens (tertiary/aromatic N) is 3. The summed E-state index contributed by atoms with van der Waals surface area (Å²) in [6.07, 6.45) is 1.18. The summed E-state index contributed by atoms with van der Waals surface area (Å²) in [5, 5.41) is 0. The molecule has 1 aromatic heterocycles. The highest BCUT2D eigenvalue weighted by molar-refractivity contribution is 5.61. The highest BCUT2D eigenvalue weighted by Gasteiger charge is 2.11. The largest absolute Gasteiger partial charge is 0.392 e. The predicted molar refractivity (Wildman–Crippen MR) is 50.0 cm³/mol. The van der Waals surface area contributed by atoms with Gasteiger partial charge in [-0.2, -0.15) is 4.39 Å². The van der Waals surface area contributed by atoms with Crippen LogP contribution in [0, 0.1) is 5.95 Å². The summed E-state index contributed by atoms with van der Waals surface area (Å²) in [7, 11) is 0. The van der Waals surface area contributed by atoms with Crippen molar-refractivity contribution >= 4 is 11.5 Å². The van der Waals surface area contributed by atoms with Crippen molar-refractivity contribution < 1.29 is 4.39 Å². The zero-order valence-corrected chi connectivity index (χ0v) is 7.79. The second kappa shape index (κ2) is 4.02. The van der Waals surface area contributed by atoms with Gasteiger partial charge in [-0.15, -0.1) is 0 Å². The molecule has 0 aromatic carbocycles. The molecule has 0 saturated carbocycles. The molecule has 13 heavy (non-hydrogen) atoms. The van der Waals surface area contributed by atoms with Gasteiger partial charge in [0.25, 0.3) is 0 Å². The summed E-state index contributed by atoms with van der Waals surface area (Å²) in [6, 6.07) is 0. The Bertz CT molecular complexity index is 285. The first-order valence-corrected chi connectivity index (χ1v) is 4.21. The zero-order valence-electron chi connectivity index (χ0n) is 7.79. The van der Waals surface area contributed by atoms with Gasteiger partial charge in [-0.05, 0) is 13.8 Å². The van der Waals surface area contributed by atoms with E-state index in [2.05, 4.69) is 9.97 Å². The summed E-state index contributed by atoms with van der Waals surface area (Å²) in [5.74, 6) is -0.186. The van der Waals surface area contributed by atoms with Crippen LogP contribution in [0.25, 0.3) is 0 Å². The van der Waals surface area contributed by atoms with Gasteiger partial charge in [-0.3, -0.25) is 0 Å². The van der Waals surface area contributed by atoms with Gasteiger partial charge < -0.3 is 10.6 Å². The molecule has 0 atom stereocenters. The molecular weight excluding hydrogens is 171 g/mol. The average molecular weight is 184 g/mol. The molecule has 0 bridgehead atoms. The highest BCUT2D eigenvalue weighted by Crippen LogP contribution is 2.20. The molecule has 0 aliphatic carbocycles. The lowest BCUT2D eigenvalue weighted by atomic mass is 10.4. The van der Waals surface area contributed by atoms with E-state index in [0.29, 0.717) is 5.82 Å². The number of nitrogen functional groups attached to an aromatic ring is 1. The number of rotatable bonds is 3. The van der Waals surface area contributed by atoms with Crippen LogP contribution in [-0.2, 0) is 0 Å². The lowest BCUT2D eigenvalue weighted by Crippen LogP contribution is -2.24. The molecule has 1 aromatic rings. The summed E-state index contributed by atoms with van der Waals surface area (Å²) in [5.41, 5.74) is 5.51. The molecular formula is C8H13FN4. The molecule has 0 saturated heterocycles. The Hall–Kier alpha value is -1.39. The molecule has 2 N–H and O–H groups in total. The van der Waals surface area contributed by atoms with Crippen LogP contribution in [-0.4, -0.2) is 23.1 Å². The number of hydrogen-bond donors (Lipinski definition) is 1. The smallest absolute Gasteiger partial charge is 0.241 e. The molecule has 1 rings (SSSR count). The molecule has 5 heteroatoms. The monoisotopic (exact) mass is 184 g/mol. The van der Waals surface area contributed by atoms with Crippen LogP contribution in [0.15, 0.2) is 6.33 Å². The number of aromatic nitrogens is 2. The van der Waals surface area contributed by atoms with Gasteiger partial charge >= 0.3 is 0 Å². The van der Waals surface area contributed by atoms with Gasteiger partial charge in [0.05, 0.1) is 0 Å². The predicted octanol–water partition coefficient (Wildman–Crippen LogP) is 1.04. The normalized spacial score (nSPS) is 10.1. The molecule has 0 aliphatic heterocycles. The first-order valence-electron chi connectivity index (χ1n) is 4.21. The van der Waals surface area contributed by atoms with Crippen molar-refractivity contribution in [3.63, 3.8) is 0 Å². The minimum absolute atomic E-state index is 0.0196. The molecule has 4 nitrogen and oxygen atoms in total. The highest BCUT2D eigenvalue weighted by atomic mass is 19.1. The van der Waals surface area contributed by atoms with E-state index in [1.807, 2.05) is 18.7 Å². The van der Waals surface area contributed by atoms with Crippen molar-refractivity contribution in [1.29, 1.82) is 0 Å². The van der Waals surface area contributed by atoms with Crippen LogP contribution in [0.1, 0.15) is 13.8 Å². The van der Waals surface area contributed by atoms with E-state index >= 15 is 0 Å². The van der Waals surface area contributed by atoms with Crippen LogP contribution in [0.2, 0.25) is 0 Å². The first kappa shape index (κ1) is 9.70. The first-order chi connectivity index (χ1) is 6.20. The van der Waals surface area contributed by atoms with Crippen molar-refractivity contribution in [3.05, 3.63) is 12.3 Å². The van der Waals surface area contributed by atoms with E-state index < -0.39 is 5.95 Å². The average Bonchev–Trinajstić information content (AvgIpc) is 2.14. The molecule has 0 aliphatic rings. The standard InChI is InChI=1S/C8H13FN4/c1-3-13(4-2)8-6(10)7(9)11-5-12-8/h5H,3-4,10H2,1-2H3. The van der Waals surface area contributed by atoms with Crippen molar-refractivity contribution in [2.45, 2.75) is 13.8 Å². The Morgan fingerprint density at radius 3 is 2.54 bits per heavy atom. The third-order valence-electron chi connectivity index (χ3n) is 1.88. The van der Waals surface area contributed by atoms with Crippen LogP contribution in [0.5, 0.6) is 0 Å². The van der Waals surface area contributed by atoms with Gasteiger partial charge in [-0.1, -0.05) is 0 Å². The van der Waals surface area contributed by atoms with E-state index in [1.165, 1.54) is 6.33 Å². The Morgan fingerprint density at radius 2 is 2.00 bits per heavy atom. The third-order valence-corrected chi connectivity index (χ3v) is 1.88. The van der Waals surface area contributed by atoms with Crippen LogP contribution in [0.4, 0.5) is 15.9 Å². The molecule has 0 amide bonds. The van der Waals surface area contributed by atoms with E-state index in [9.17, 15) is 4.39 Å². The van der Waals surface area contributed by atoms with Crippen LogP contribution >= 0.6 is 0 Å². The van der Waals surface area contributed by atoms with E-state index in [1.54, 1.807) is 0 Å². The van der Waals surface area contributed by atoms with Gasteiger partial charge in [0.1, 0.15) is 12.0 Å². The summed E-state index contributed by atoms with van der Waals surface area (Å²) in [6.45, 7) is 5.42. The maximum Gasteiger partial charge on any atom is 0.241 e. The Balaban J connectivity index is 3.05. The molecule has 0 fully saturated rings. The minimum Gasteiger partial charge on any atom is -0.392 e. The molecule has 72 valence electrons. The lowest BCUT2D eigenvalue weighted by Gasteiger charge is -2.20. The maximum absolute atomic E-state index is 12.9. The molecule has 1 heterocycles. The SMILES string of the molecule is CCN(CC)c1ncnc(F)c1N. The fourth-order valence-electron chi connectivity index (χ4n) is 1.14. The number of nitrogens with two attached hydrogens (primary N) is 1.